The van der Waals surface area contributed by atoms with Crippen molar-refractivity contribution < 1.29 is 42.9 Å². The molecule has 2 aliphatic rings. The summed E-state index contributed by atoms with van der Waals surface area (Å²) in [6.07, 6.45) is 3.50. The largest absolute Gasteiger partial charge is 0.462 e. The van der Waals surface area contributed by atoms with Gasteiger partial charge in [0.25, 0.3) is 5.91 Å². The number of hydrogen-bond acceptors (Lipinski definition) is 10. The highest BCUT2D eigenvalue weighted by Crippen LogP contribution is 2.47. The summed E-state index contributed by atoms with van der Waals surface area (Å²) < 4.78 is 36.6. The van der Waals surface area contributed by atoms with Crippen LogP contribution in [0, 0.1) is 18.3 Å². The van der Waals surface area contributed by atoms with Gasteiger partial charge in [-0.25, -0.2) is 4.57 Å². The lowest BCUT2D eigenvalue weighted by Crippen LogP contribution is -2.54. The first-order valence-corrected chi connectivity index (χ1v) is 14.3. The average molecular weight is 578 g/mol. The predicted molar refractivity (Wildman–Crippen MR) is 145 cm³/mol. The van der Waals surface area contributed by atoms with Crippen LogP contribution in [0.25, 0.3) is 0 Å². The van der Waals surface area contributed by atoms with Crippen molar-refractivity contribution in [3.63, 3.8) is 0 Å². The van der Waals surface area contributed by atoms with Crippen LogP contribution in [0.5, 0.6) is 5.75 Å². The number of terminal acetylenes is 1. The van der Waals surface area contributed by atoms with Gasteiger partial charge in [0.05, 0.1) is 12.7 Å². The summed E-state index contributed by atoms with van der Waals surface area (Å²) in [6, 6.07) is 7.13. The molecule has 0 bridgehead atoms. The van der Waals surface area contributed by atoms with Crippen LogP contribution >= 0.6 is 7.75 Å². The summed E-state index contributed by atoms with van der Waals surface area (Å²) in [5.41, 5.74) is -2.26. The van der Waals surface area contributed by atoms with Crippen molar-refractivity contribution in [2.24, 2.45) is 5.92 Å². The summed E-state index contributed by atoms with van der Waals surface area (Å²) in [5, 5.41) is 27.2. The maximum absolute atomic E-state index is 14.0. The standard InChI is InChI=1S/C27H36N3O9P/c1-7-27(34)24(32)22(38-26(27)30-14-13-23(31)28-19(30)6)16-36-40(35,39-20-11-9-8-10-12-20)29-21(15-17(2)3)25(33)37-18(4)5/h1,8-14,17-18,21-22,24,26,32,34H,6,15-16H2,2-5H3,(H,28,31)(H,29,35)/t21-,22+,24+,26+,27+,40?/m0/s1. The van der Waals surface area contributed by atoms with Gasteiger partial charge in [-0.3, -0.25) is 14.1 Å². The van der Waals surface area contributed by atoms with Crippen LogP contribution in [-0.2, 0) is 28.2 Å². The highest BCUT2D eigenvalue weighted by Gasteiger charge is 2.57. The number of esters is 1. The third-order valence-corrected chi connectivity index (χ3v) is 7.54. The number of rotatable bonds is 12. The summed E-state index contributed by atoms with van der Waals surface area (Å²) in [7, 11) is -4.33. The quantitative estimate of drug-likeness (QED) is 0.164. The van der Waals surface area contributed by atoms with Crippen molar-refractivity contribution in [1.29, 1.82) is 0 Å². The van der Waals surface area contributed by atoms with E-state index in [0.29, 0.717) is 0 Å². The van der Waals surface area contributed by atoms with Crippen LogP contribution in [0.2, 0.25) is 0 Å². The molecule has 3 rings (SSSR count). The van der Waals surface area contributed by atoms with Crippen LogP contribution in [0.1, 0.15) is 34.1 Å². The van der Waals surface area contributed by atoms with E-state index < -0.39 is 62.4 Å². The van der Waals surface area contributed by atoms with Crippen molar-refractivity contribution >= 4 is 19.6 Å². The zero-order chi connectivity index (χ0) is 29.7. The van der Waals surface area contributed by atoms with Gasteiger partial charge in [-0.2, -0.15) is 5.09 Å². The topological polar surface area (TPSA) is 156 Å². The Morgan fingerprint density at radius 2 is 2.00 bits per heavy atom. The summed E-state index contributed by atoms with van der Waals surface area (Å²) >= 11 is 0. The molecule has 2 heterocycles. The number of aliphatic hydroxyl groups excluding tert-OH is 1. The molecular weight excluding hydrogens is 541 g/mol. The van der Waals surface area contributed by atoms with Gasteiger partial charge in [0.15, 0.2) is 11.8 Å². The molecular formula is C27H36N3O9P. The number of nitrogens with one attached hydrogen (secondary N) is 2. The Morgan fingerprint density at radius 3 is 2.58 bits per heavy atom. The number of amides is 1. The predicted octanol–water partition coefficient (Wildman–Crippen LogP) is 2.01. The number of carbonyl (C=O) groups excluding carboxylic acids is 2. The first-order valence-electron chi connectivity index (χ1n) is 12.8. The van der Waals surface area contributed by atoms with Gasteiger partial charge in [-0.15, -0.1) is 6.42 Å². The third kappa shape index (κ3) is 7.52. The van der Waals surface area contributed by atoms with E-state index >= 15 is 0 Å². The van der Waals surface area contributed by atoms with Crippen LogP contribution in [0.3, 0.4) is 0 Å². The average Bonchev–Trinajstić information content (AvgIpc) is 3.12. The molecule has 0 radical (unpaired) electrons. The molecule has 1 saturated heterocycles. The number of para-hydroxylation sites is 1. The number of benzene rings is 1. The third-order valence-electron chi connectivity index (χ3n) is 5.97. The second kappa shape index (κ2) is 13.0. The van der Waals surface area contributed by atoms with Crippen LogP contribution in [-0.4, -0.2) is 69.8 Å². The lowest BCUT2D eigenvalue weighted by atomic mass is 9.94. The van der Waals surface area contributed by atoms with E-state index in [0.717, 1.165) is 0 Å². The molecule has 218 valence electrons. The minimum Gasteiger partial charge on any atom is -0.462 e. The Bertz CT molecular complexity index is 1200. The fraction of sp³-hybridized carbons (Fsp3) is 0.481. The molecule has 13 heteroatoms. The number of hydrogen-bond donors (Lipinski definition) is 4. The molecule has 0 aromatic heterocycles. The van der Waals surface area contributed by atoms with E-state index in [-0.39, 0.29) is 23.9 Å². The van der Waals surface area contributed by atoms with Gasteiger partial charge in [0.2, 0.25) is 0 Å². The Morgan fingerprint density at radius 1 is 1.32 bits per heavy atom. The minimum absolute atomic E-state index is 0.0138. The summed E-state index contributed by atoms with van der Waals surface area (Å²) in [4.78, 5) is 25.7. The number of aliphatic hydroxyl groups is 2. The lowest BCUT2D eigenvalue weighted by molar-refractivity contribution is -0.150. The molecule has 1 aromatic carbocycles. The van der Waals surface area contributed by atoms with Crippen LogP contribution in [0.4, 0.5) is 0 Å². The van der Waals surface area contributed by atoms with Crippen molar-refractivity contribution in [2.45, 2.75) is 70.3 Å². The highest BCUT2D eigenvalue weighted by atomic mass is 31.2. The number of nitrogens with zero attached hydrogens (tertiary/aromatic N) is 1. The molecule has 0 spiro atoms. The SMILES string of the molecule is C#C[C@@]1(O)[C@H](O)[C@@H](COP(=O)(N[C@@H](CC(C)C)C(=O)OC(C)C)Oc2ccccc2)O[C@H]1N1C=CC(=O)NC1=C. The van der Waals surface area contributed by atoms with Gasteiger partial charge < -0.3 is 34.4 Å². The summed E-state index contributed by atoms with van der Waals surface area (Å²) in [5.74, 6) is 1.32. The normalized spacial score (nSPS) is 26.8. The van der Waals surface area contributed by atoms with Crippen molar-refractivity contribution in [3.8, 4) is 18.1 Å². The molecule has 12 nitrogen and oxygen atoms in total. The van der Waals surface area contributed by atoms with E-state index in [9.17, 15) is 24.4 Å². The molecule has 0 aliphatic carbocycles. The second-order valence-electron chi connectivity index (χ2n) is 10.1. The molecule has 4 N–H and O–H groups in total. The molecule has 1 fully saturated rings. The monoisotopic (exact) mass is 577 g/mol. The molecule has 6 atom stereocenters. The van der Waals surface area contributed by atoms with Gasteiger partial charge in [-0.1, -0.05) is 44.5 Å². The molecule has 1 aromatic rings. The van der Waals surface area contributed by atoms with Gasteiger partial charge >= 0.3 is 13.7 Å². The van der Waals surface area contributed by atoms with Crippen molar-refractivity contribution in [3.05, 3.63) is 55.0 Å². The Labute approximate surface area is 233 Å². The highest BCUT2D eigenvalue weighted by molar-refractivity contribution is 7.52. The Balaban J connectivity index is 1.86. The molecule has 1 unspecified atom stereocenters. The molecule has 0 saturated carbocycles. The van der Waals surface area contributed by atoms with Crippen molar-refractivity contribution in [1.82, 2.24) is 15.3 Å². The van der Waals surface area contributed by atoms with E-state index in [1.54, 1.807) is 44.2 Å². The molecule has 40 heavy (non-hydrogen) atoms. The number of ether oxygens (including phenoxy) is 2. The van der Waals surface area contributed by atoms with Gasteiger partial charge in [-0.05, 0) is 38.3 Å². The van der Waals surface area contributed by atoms with E-state index in [1.165, 1.54) is 17.2 Å². The van der Waals surface area contributed by atoms with Gasteiger partial charge in [0.1, 0.15) is 29.8 Å². The minimum atomic E-state index is -4.33. The first-order chi connectivity index (χ1) is 18.8. The number of carbonyl (C=O) groups is 2. The fourth-order valence-electron chi connectivity index (χ4n) is 4.10. The fourth-order valence-corrected chi connectivity index (χ4v) is 5.62. The van der Waals surface area contributed by atoms with E-state index in [1.807, 2.05) is 13.8 Å². The maximum Gasteiger partial charge on any atom is 0.459 e. The summed E-state index contributed by atoms with van der Waals surface area (Å²) in [6.45, 7) is 10.3. The zero-order valence-electron chi connectivity index (χ0n) is 22.9. The molecule has 2 aliphatic heterocycles. The van der Waals surface area contributed by atoms with Crippen LogP contribution in [0.15, 0.2) is 55.0 Å². The van der Waals surface area contributed by atoms with Gasteiger partial charge in [0, 0.05) is 12.3 Å². The van der Waals surface area contributed by atoms with Crippen LogP contribution < -0.4 is 14.9 Å². The lowest BCUT2D eigenvalue weighted by Gasteiger charge is -2.36. The smallest absolute Gasteiger partial charge is 0.459 e. The Kier molecular flexibility index (Phi) is 10.2. The van der Waals surface area contributed by atoms with E-state index in [2.05, 4.69) is 22.9 Å². The van der Waals surface area contributed by atoms with E-state index in [4.69, 9.17) is 24.9 Å². The molecule has 1 amide bonds. The zero-order valence-corrected chi connectivity index (χ0v) is 23.7. The second-order valence-corrected chi connectivity index (χ2v) is 11.8. The first kappa shape index (κ1) is 31.4. The maximum atomic E-state index is 14.0. The van der Waals surface area contributed by atoms with Crippen molar-refractivity contribution in [2.75, 3.05) is 6.61 Å². The Hall–Kier alpha value is -3.17.